The third-order valence-electron chi connectivity index (χ3n) is 2.36. The molecule has 0 aliphatic rings. The first-order valence-corrected chi connectivity index (χ1v) is 6.33. The largest absolute Gasteiger partial charge is 0.484 e. The molecule has 0 radical (unpaired) electrons. The fourth-order valence-electron chi connectivity index (χ4n) is 1.54. The summed E-state index contributed by atoms with van der Waals surface area (Å²) >= 11 is 3.35. The number of hydrogen-bond donors (Lipinski definition) is 0. The lowest BCUT2D eigenvalue weighted by atomic mass is 10.4. The van der Waals surface area contributed by atoms with Crippen molar-refractivity contribution in [3.05, 3.63) is 41.2 Å². The molecular weight excluding hydrogens is 282 g/mol. The van der Waals surface area contributed by atoms with Crippen LogP contribution in [-0.4, -0.2) is 14.5 Å². The van der Waals surface area contributed by atoms with Crippen molar-refractivity contribution in [3.63, 3.8) is 0 Å². The first-order chi connectivity index (χ1) is 8.31. The molecule has 0 saturated carbocycles. The van der Waals surface area contributed by atoms with Crippen LogP contribution < -0.4 is 4.74 Å². The summed E-state index contributed by atoms with van der Waals surface area (Å²) in [5.41, 5.74) is 1.07. The molecule has 4 nitrogen and oxygen atoms in total. The molecule has 0 N–H and O–H groups in total. The predicted molar refractivity (Wildman–Crippen MR) is 68.8 cm³/mol. The number of ether oxygens (including phenoxy) is 1. The number of pyridine rings is 1. The molecule has 2 aromatic rings. The van der Waals surface area contributed by atoms with Gasteiger partial charge in [-0.1, -0.05) is 6.92 Å². The van der Waals surface area contributed by atoms with E-state index in [9.17, 15) is 0 Å². The van der Waals surface area contributed by atoms with Gasteiger partial charge in [-0.2, -0.15) is 0 Å². The molecule has 2 heterocycles. The molecule has 90 valence electrons. The Balaban J connectivity index is 2.02. The average molecular weight is 296 g/mol. The van der Waals surface area contributed by atoms with Crippen LogP contribution in [0.5, 0.6) is 5.75 Å². The van der Waals surface area contributed by atoms with Crippen LogP contribution in [0.3, 0.4) is 0 Å². The van der Waals surface area contributed by atoms with Gasteiger partial charge in [0.1, 0.15) is 11.2 Å². The van der Waals surface area contributed by atoms with Gasteiger partial charge >= 0.3 is 0 Å². The van der Waals surface area contributed by atoms with Crippen molar-refractivity contribution in [3.8, 4) is 5.75 Å². The topological polar surface area (TPSA) is 39.9 Å². The van der Waals surface area contributed by atoms with Crippen LogP contribution in [0.15, 0.2) is 35.5 Å². The lowest BCUT2D eigenvalue weighted by Crippen LogP contribution is -2.05. The summed E-state index contributed by atoms with van der Waals surface area (Å²) in [4.78, 5) is 8.24. The number of rotatable bonds is 5. The van der Waals surface area contributed by atoms with Gasteiger partial charge in [-0.25, -0.2) is 9.97 Å². The van der Waals surface area contributed by atoms with Crippen LogP contribution in [0, 0.1) is 0 Å². The van der Waals surface area contributed by atoms with Crippen molar-refractivity contribution in [2.45, 2.75) is 26.5 Å². The number of hydrogen-bond acceptors (Lipinski definition) is 3. The van der Waals surface area contributed by atoms with E-state index in [0.29, 0.717) is 6.61 Å². The van der Waals surface area contributed by atoms with E-state index in [1.807, 2.05) is 24.7 Å². The normalized spacial score (nSPS) is 10.5. The molecule has 0 atom stereocenters. The summed E-state index contributed by atoms with van der Waals surface area (Å²) in [6.07, 6.45) is 6.47. The Hall–Kier alpha value is -1.36. The second-order valence-corrected chi connectivity index (χ2v) is 4.41. The van der Waals surface area contributed by atoms with Gasteiger partial charge in [-0.3, -0.25) is 0 Å². The van der Waals surface area contributed by atoms with Crippen LogP contribution in [0.1, 0.15) is 19.0 Å². The number of halogens is 1. The third-order valence-corrected chi connectivity index (χ3v) is 2.96. The molecule has 0 aliphatic heterocycles. The Labute approximate surface area is 109 Å². The van der Waals surface area contributed by atoms with E-state index in [-0.39, 0.29) is 0 Å². The minimum atomic E-state index is 0.504. The molecule has 0 bridgehead atoms. The SMILES string of the molecule is CCCn1cncc1COc1cccnc1Br. The lowest BCUT2D eigenvalue weighted by molar-refractivity contribution is 0.291. The van der Waals surface area contributed by atoms with Crippen molar-refractivity contribution in [2.24, 2.45) is 0 Å². The van der Waals surface area contributed by atoms with Crippen molar-refractivity contribution < 1.29 is 4.74 Å². The standard InChI is InChI=1S/C12H14BrN3O/c1-2-6-16-9-14-7-10(16)8-17-11-4-3-5-15-12(11)13/h3-5,7,9H,2,6,8H2,1H3. The zero-order valence-corrected chi connectivity index (χ0v) is 11.2. The highest BCUT2D eigenvalue weighted by Gasteiger charge is 2.04. The summed E-state index contributed by atoms with van der Waals surface area (Å²) in [5, 5.41) is 0. The minimum Gasteiger partial charge on any atom is -0.484 e. The summed E-state index contributed by atoms with van der Waals surface area (Å²) in [5.74, 6) is 0.747. The van der Waals surface area contributed by atoms with Crippen molar-refractivity contribution in [1.82, 2.24) is 14.5 Å². The predicted octanol–water partition coefficient (Wildman–Crippen LogP) is 3.03. The minimum absolute atomic E-state index is 0.504. The van der Waals surface area contributed by atoms with E-state index >= 15 is 0 Å². The third kappa shape index (κ3) is 3.06. The fraction of sp³-hybridized carbons (Fsp3) is 0.333. The van der Waals surface area contributed by atoms with Gasteiger partial charge < -0.3 is 9.30 Å². The smallest absolute Gasteiger partial charge is 0.152 e. The van der Waals surface area contributed by atoms with Crippen molar-refractivity contribution in [1.29, 1.82) is 0 Å². The van der Waals surface area contributed by atoms with Crippen LogP contribution in [0.25, 0.3) is 0 Å². The number of aromatic nitrogens is 3. The van der Waals surface area contributed by atoms with Crippen LogP contribution in [0.4, 0.5) is 0 Å². The second-order valence-electron chi connectivity index (χ2n) is 3.66. The van der Waals surface area contributed by atoms with E-state index in [1.165, 1.54) is 0 Å². The zero-order valence-electron chi connectivity index (χ0n) is 9.64. The molecule has 0 unspecified atom stereocenters. The molecule has 5 heteroatoms. The molecule has 17 heavy (non-hydrogen) atoms. The summed E-state index contributed by atoms with van der Waals surface area (Å²) < 4.78 is 8.52. The molecule has 0 aliphatic carbocycles. The maximum absolute atomic E-state index is 5.70. The van der Waals surface area contributed by atoms with E-state index in [0.717, 1.165) is 29.0 Å². The Bertz CT molecular complexity index is 484. The van der Waals surface area contributed by atoms with Crippen LogP contribution in [0.2, 0.25) is 0 Å². The molecule has 0 saturated heterocycles. The lowest BCUT2D eigenvalue weighted by Gasteiger charge is -2.09. The Morgan fingerprint density at radius 2 is 2.35 bits per heavy atom. The highest BCUT2D eigenvalue weighted by Crippen LogP contribution is 2.22. The fourth-order valence-corrected chi connectivity index (χ4v) is 1.91. The van der Waals surface area contributed by atoms with Crippen LogP contribution >= 0.6 is 15.9 Å². The Morgan fingerprint density at radius 1 is 1.47 bits per heavy atom. The zero-order chi connectivity index (χ0) is 12.1. The van der Waals surface area contributed by atoms with Gasteiger partial charge in [-0.15, -0.1) is 0 Å². The average Bonchev–Trinajstić information content (AvgIpc) is 2.76. The molecule has 2 aromatic heterocycles. The maximum Gasteiger partial charge on any atom is 0.152 e. The molecule has 0 aromatic carbocycles. The number of nitrogens with zero attached hydrogens (tertiary/aromatic N) is 3. The van der Waals surface area contributed by atoms with Crippen molar-refractivity contribution in [2.75, 3.05) is 0 Å². The molecule has 0 spiro atoms. The van der Waals surface area contributed by atoms with E-state index in [2.05, 4.69) is 37.4 Å². The molecule has 2 rings (SSSR count). The van der Waals surface area contributed by atoms with Gasteiger partial charge in [0.15, 0.2) is 5.75 Å². The Kier molecular flexibility index (Phi) is 4.14. The van der Waals surface area contributed by atoms with Crippen LogP contribution in [-0.2, 0) is 13.2 Å². The highest BCUT2D eigenvalue weighted by molar-refractivity contribution is 9.10. The quantitative estimate of drug-likeness (QED) is 0.796. The van der Waals surface area contributed by atoms with Gasteiger partial charge in [0, 0.05) is 12.7 Å². The van der Waals surface area contributed by atoms with E-state index < -0.39 is 0 Å². The maximum atomic E-state index is 5.70. The van der Waals surface area contributed by atoms with Gasteiger partial charge in [0.05, 0.1) is 18.2 Å². The molecule has 0 fully saturated rings. The van der Waals surface area contributed by atoms with Gasteiger partial charge in [0.25, 0.3) is 0 Å². The molecular formula is C12H14BrN3O. The van der Waals surface area contributed by atoms with Crippen molar-refractivity contribution >= 4 is 15.9 Å². The number of imidazole rings is 1. The number of aryl methyl sites for hydroxylation is 1. The summed E-state index contributed by atoms with van der Waals surface area (Å²) in [6, 6.07) is 3.74. The summed E-state index contributed by atoms with van der Waals surface area (Å²) in [7, 11) is 0. The van der Waals surface area contributed by atoms with Gasteiger partial charge in [0.2, 0.25) is 0 Å². The monoisotopic (exact) mass is 295 g/mol. The molecule has 0 amide bonds. The first-order valence-electron chi connectivity index (χ1n) is 5.53. The summed E-state index contributed by atoms with van der Waals surface area (Å²) in [6.45, 7) is 3.61. The first kappa shape index (κ1) is 12.1. The Morgan fingerprint density at radius 3 is 3.12 bits per heavy atom. The second kappa shape index (κ2) is 5.82. The van der Waals surface area contributed by atoms with E-state index in [1.54, 1.807) is 6.20 Å². The van der Waals surface area contributed by atoms with E-state index in [4.69, 9.17) is 4.74 Å². The van der Waals surface area contributed by atoms with Gasteiger partial charge in [-0.05, 0) is 34.5 Å². The highest BCUT2D eigenvalue weighted by atomic mass is 79.9.